The number of alkyl halides is 2. The maximum absolute atomic E-state index is 14.2. The molecule has 2 heterocycles. The number of ether oxygens (including phenoxy) is 3. The molecule has 5 aromatic rings. The van der Waals surface area contributed by atoms with Crippen molar-refractivity contribution in [3.05, 3.63) is 147 Å². The van der Waals surface area contributed by atoms with Crippen LogP contribution in [0.4, 0.5) is 14.5 Å². The molecule has 64 heavy (non-hydrogen) atoms. The Balaban J connectivity index is 1.000. The molecule has 1 aliphatic carbocycles. The second-order valence-electron chi connectivity index (χ2n) is 14.8. The smallest absolute Gasteiger partial charge is 0.387 e. The summed E-state index contributed by atoms with van der Waals surface area (Å²) >= 11 is 14.0. The lowest BCUT2D eigenvalue weighted by Crippen LogP contribution is -2.41. The zero-order chi connectivity index (χ0) is 45.2. The number of carbonyl (C=O) groups is 3. The van der Waals surface area contributed by atoms with Crippen LogP contribution in [0.2, 0.25) is 10.0 Å². The van der Waals surface area contributed by atoms with Crippen LogP contribution in [0, 0.1) is 5.92 Å². The number of para-hydroxylation sites is 1. The summed E-state index contributed by atoms with van der Waals surface area (Å²) in [5.41, 5.74) is 3.06. The zero-order valence-electron chi connectivity index (χ0n) is 34.1. The van der Waals surface area contributed by atoms with Crippen molar-refractivity contribution in [3.8, 4) is 11.5 Å². The number of carbonyl (C=O) groups excluding carboxylic acids is 3. The van der Waals surface area contributed by atoms with Crippen LogP contribution >= 0.6 is 35.0 Å². The van der Waals surface area contributed by atoms with E-state index in [0.29, 0.717) is 23.2 Å². The molecule has 0 spiro atoms. The first-order chi connectivity index (χ1) is 30.8. The first kappa shape index (κ1) is 46.5. The van der Waals surface area contributed by atoms with Crippen molar-refractivity contribution in [3.63, 3.8) is 0 Å². The van der Waals surface area contributed by atoms with Gasteiger partial charge in [0, 0.05) is 67.6 Å². The van der Waals surface area contributed by atoms with E-state index in [2.05, 4.69) is 20.9 Å². The first-order valence-electron chi connectivity index (χ1n) is 20.2. The van der Waals surface area contributed by atoms with Gasteiger partial charge in [-0.05, 0) is 90.0 Å². The summed E-state index contributed by atoms with van der Waals surface area (Å²) in [6.07, 6.45) is 3.37. The quantitative estimate of drug-likeness (QED) is 0.0510. The largest absolute Gasteiger partial charge is 0.489 e. The molecule has 1 saturated carbocycles. The first-order valence-corrected chi connectivity index (χ1v) is 23.5. The van der Waals surface area contributed by atoms with E-state index in [-0.39, 0.29) is 82.2 Å². The minimum Gasteiger partial charge on any atom is -0.489 e. The molecule has 0 unspecified atom stereocenters. The predicted molar refractivity (Wildman–Crippen MR) is 240 cm³/mol. The van der Waals surface area contributed by atoms with Crippen molar-refractivity contribution in [2.24, 2.45) is 5.92 Å². The Labute approximate surface area is 383 Å². The van der Waals surface area contributed by atoms with Crippen molar-refractivity contribution in [2.45, 2.75) is 48.8 Å². The highest BCUT2D eigenvalue weighted by Crippen LogP contribution is 2.39. The van der Waals surface area contributed by atoms with Gasteiger partial charge < -0.3 is 30.2 Å². The van der Waals surface area contributed by atoms with Gasteiger partial charge in [-0.3, -0.25) is 14.6 Å². The topological polar surface area (TPSA) is 165 Å². The predicted octanol–water partition coefficient (Wildman–Crippen LogP) is 8.14. The van der Waals surface area contributed by atoms with Crippen LogP contribution in [0.15, 0.2) is 114 Å². The van der Waals surface area contributed by atoms with Crippen molar-refractivity contribution in [1.82, 2.24) is 19.9 Å². The molecule has 7 rings (SSSR count). The Morgan fingerprint density at radius 2 is 1.53 bits per heavy atom. The summed E-state index contributed by atoms with van der Waals surface area (Å²) in [6.45, 7) is -2.21. The van der Waals surface area contributed by atoms with Crippen LogP contribution < -0.4 is 25.4 Å². The Bertz CT molecular complexity index is 2560. The third kappa shape index (κ3) is 12.2. The van der Waals surface area contributed by atoms with Crippen LogP contribution in [-0.4, -0.2) is 79.5 Å². The van der Waals surface area contributed by atoms with E-state index in [9.17, 15) is 31.6 Å². The molecule has 1 saturated heterocycles. The summed E-state index contributed by atoms with van der Waals surface area (Å²) < 4.78 is 72.6. The van der Waals surface area contributed by atoms with Crippen LogP contribution in [0.1, 0.15) is 56.4 Å². The van der Waals surface area contributed by atoms with Crippen molar-refractivity contribution >= 4 is 68.5 Å². The number of sulfonamides is 1. The van der Waals surface area contributed by atoms with E-state index < -0.39 is 40.0 Å². The second-order valence-corrected chi connectivity index (χ2v) is 18.7. The number of hydrogen-bond donors (Lipinski definition) is 3. The lowest BCUT2D eigenvalue weighted by molar-refractivity contribution is -0.150. The van der Waals surface area contributed by atoms with Crippen molar-refractivity contribution in [2.75, 3.05) is 37.3 Å². The fourth-order valence-corrected chi connectivity index (χ4v) is 10.3. The summed E-state index contributed by atoms with van der Waals surface area (Å²) in [6, 6.07) is 26.4. The van der Waals surface area contributed by atoms with Gasteiger partial charge >= 0.3 is 12.6 Å². The molecular weight excluding hydrogens is 912 g/mol. The molecule has 1 aliphatic heterocycles. The molecule has 0 radical (unpaired) electrons. The molecule has 4 aromatic carbocycles. The average Bonchev–Trinajstić information content (AvgIpc) is 3.99. The van der Waals surface area contributed by atoms with Gasteiger partial charge in [0.25, 0.3) is 11.8 Å². The van der Waals surface area contributed by atoms with E-state index in [1.165, 1.54) is 54.9 Å². The number of halogens is 4. The van der Waals surface area contributed by atoms with Gasteiger partial charge in [-0.25, -0.2) is 13.2 Å². The Morgan fingerprint density at radius 1 is 0.844 bits per heavy atom. The molecule has 2 aliphatic rings. The maximum atomic E-state index is 14.2. The summed E-state index contributed by atoms with van der Waals surface area (Å²) in [4.78, 5) is 43.9. The standard InChI is InChI=1S/C45H43Cl2F2N5O8S2/c46-36-25-50-26-37(47)35(36)23-39(30-14-15-38(62-45(48)49)40(22-30)60-27-28-12-13-28)61-44(57)43-54(18-19-63-43)64(58,59)34-11-5-8-32(21-34)42(56)52-17-16-51-41(55)31-7-4-6-29(20-31)24-53-33-9-2-1-3-10-33/h1-11,14-15,20-22,25-26,28,39,43,45,53H,12-13,16-19,23-24,27H2,(H,51,55)(H,52,56)/t39-,43-/m0/s1. The van der Waals surface area contributed by atoms with Gasteiger partial charge in [-0.1, -0.05) is 65.7 Å². The van der Waals surface area contributed by atoms with Crippen molar-refractivity contribution < 1.29 is 45.8 Å². The number of esters is 1. The Morgan fingerprint density at radius 3 is 2.22 bits per heavy atom. The highest BCUT2D eigenvalue weighted by molar-refractivity contribution is 8.02. The van der Waals surface area contributed by atoms with Gasteiger partial charge in [-0.2, -0.15) is 13.1 Å². The number of thioether (sulfide) groups is 1. The molecule has 336 valence electrons. The zero-order valence-corrected chi connectivity index (χ0v) is 37.2. The van der Waals surface area contributed by atoms with Gasteiger partial charge in [0.1, 0.15) is 6.10 Å². The minimum absolute atomic E-state index is 0.0137. The fraction of sp³-hybridized carbons (Fsp3) is 0.289. The summed E-state index contributed by atoms with van der Waals surface area (Å²) in [7, 11) is -4.37. The lowest BCUT2D eigenvalue weighted by atomic mass is 10.0. The minimum atomic E-state index is -4.37. The molecule has 2 fully saturated rings. The van der Waals surface area contributed by atoms with Crippen LogP contribution in [0.3, 0.4) is 0 Å². The molecule has 3 N–H and O–H groups in total. The van der Waals surface area contributed by atoms with Crippen LogP contribution in [-0.2, 0) is 32.5 Å². The Hall–Kier alpha value is -5.46. The third-order valence-electron chi connectivity index (χ3n) is 10.2. The number of aromatic nitrogens is 1. The van der Waals surface area contributed by atoms with Crippen LogP contribution in [0.5, 0.6) is 11.5 Å². The van der Waals surface area contributed by atoms with E-state index in [4.69, 9.17) is 37.4 Å². The molecule has 2 amide bonds. The number of hydrogen-bond acceptors (Lipinski definition) is 11. The monoisotopic (exact) mass is 953 g/mol. The molecule has 19 heteroatoms. The molecular formula is C45H43Cl2F2N5O8S2. The number of pyridine rings is 1. The van der Waals surface area contributed by atoms with Crippen molar-refractivity contribution in [1.29, 1.82) is 0 Å². The molecule has 2 atom stereocenters. The van der Waals surface area contributed by atoms with Crippen LogP contribution in [0.25, 0.3) is 0 Å². The highest BCUT2D eigenvalue weighted by atomic mass is 35.5. The molecule has 13 nitrogen and oxygen atoms in total. The SMILES string of the molecule is O=C(NCCNC(=O)c1cccc(S(=O)(=O)N2CCS[C@H]2C(=O)O[C@@H](Cc2c(Cl)cncc2Cl)c2ccc(OC(F)F)c(OCC3CC3)c2)c1)c1cccc(CNc2ccccc2)c1. The van der Waals surface area contributed by atoms with Gasteiger partial charge in [-0.15, -0.1) is 11.8 Å². The van der Waals surface area contributed by atoms with E-state index in [0.717, 1.165) is 40.2 Å². The van der Waals surface area contributed by atoms with E-state index >= 15 is 0 Å². The fourth-order valence-electron chi connectivity index (χ4n) is 6.73. The second kappa shape index (κ2) is 21.5. The third-order valence-corrected chi connectivity index (χ3v) is 14.1. The van der Waals surface area contributed by atoms with E-state index in [1.807, 2.05) is 36.4 Å². The lowest BCUT2D eigenvalue weighted by Gasteiger charge is -2.26. The Kier molecular flexibility index (Phi) is 15.6. The molecule has 1 aromatic heterocycles. The van der Waals surface area contributed by atoms with Gasteiger partial charge in [0.2, 0.25) is 10.0 Å². The number of benzene rings is 4. The summed E-state index contributed by atoms with van der Waals surface area (Å²) in [5, 5.41) is 7.82. The van der Waals surface area contributed by atoms with Gasteiger partial charge in [0.05, 0.1) is 21.5 Å². The number of nitrogens with one attached hydrogen (secondary N) is 3. The molecule has 0 bridgehead atoms. The normalized spacial score (nSPS) is 15.6. The number of anilines is 1. The average molecular weight is 955 g/mol. The highest BCUT2D eigenvalue weighted by Gasteiger charge is 2.42. The maximum Gasteiger partial charge on any atom is 0.387 e. The van der Waals surface area contributed by atoms with Gasteiger partial charge in [0.15, 0.2) is 16.9 Å². The number of amides is 2. The number of rotatable bonds is 20. The van der Waals surface area contributed by atoms with E-state index in [1.54, 1.807) is 18.2 Å². The summed E-state index contributed by atoms with van der Waals surface area (Å²) in [5.74, 6) is -1.47. The number of nitrogens with zero attached hydrogens (tertiary/aromatic N) is 2.